The third kappa shape index (κ3) is 4.83. The van der Waals surface area contributed by atoms with Crippen molar-refractivity contribution in [3.63, 3.8) is 0 Å². The van der Waals surface area contributed by atoms with Crippen LogP contribution in [0.3, 0.4) is 0 Å². The number of hydrogen-bond donors (Lipinski definition) is 1. The molecule has 164 valence electrons. The van der Waals surface area contributed by atoms with Crippen molar-refractivity contribution in [2.45, 2.75) is 39.7 Å². The Labute approximate surface area is 185 Å². The van der Waals surface area contributed by atoms with Gasteiger partial charge in [0.05, 0.1) is 5.69 Å². The van der Waals surface area contributed by atoms with Gasteiger partial charge in [0.2, 0.25) is 11.7 Å². The number of pyridine rings is 1. The van der Waals surface area contributed by atoms with E-state index in [2.05, 4.69) is 46.3 Å². The molecule has 0 radical (unpaired) electrons. The molecule has 1 aromatic carbocycles. The van der Waals surface area contributed by atoms with E-state index >= 15 is 0 Å². The number of nitrogens with zero attached hydrogens (tertiary/aromatic N) is 5. The quantitative estimate of drug-likeness (QED) is 0.489. The van der Waals surface area contributed by atoms with Crippen LogP contribution >= 0.6 is 0 Å². The van der Waals surface area contributed by atoms with Crippen molar-refractivity contribution < 1.29 is 14.1 Å². The number of hydrogen-bond acceptors (Lipinski definition) is 7. The van der Waals surface area contributed by atoms with Gasteiger partial charge >= 0.3 is 0 Å². The zero-order valence-electron chi connectivity index (χ0n) is 18.4. The molecule has 3 aromatic heterocycles. The highest BCUT2D eigenvalue weighted by atomic mass is 16.5. The lowest BCUT2D eigenvalue weighted by atomic mass is 9.92. The third-order valence-corrected chi connectivity index (χ3v) is 4.64. The first-order chi connectivity index (χ1) is 15.3. The number of ether oxygens (including phenoxy) is 1. The molecular formula is C23H24N6O3. The molecular weight excluding hydrogens is 408 g/mol. The predicted molar refractivity (Wildman–Crippen MR) is 118 cm³/mol. The third-order valence-electron chi connectivity index (χ3n) is 4.64. The summed E-state index contributed by atoms with van der Waals surface area (Å²) in [7, 11) is 0. The molecule has 0 saturated heterocycles. The van der Waals surface area contributed by atoms with E-state index in [9.17, 15) is 4.79 Å². The lowest BCUT2D eigenvalue weighted by molar-refractivity contribution is 0.102. The Balaban J connectivity index is 1.50. The summed E-state index contributed by atoms with van der Waals surface area (Å²) < 4.78 is 12.2. The maximum Gasteiger partial charge on any atom is 0.256 e. The predicted octanol–water partition coefficient (Wildman–Crippen LogP) is 4.09. The van der Waals surface area contributed by atoms with Gasteiger partial charge in [-0.15, -0.1) is 0 Å². The first kappa shape index (κ1) is 21.2. The topological polar surface area (TPSA) is 108 Å². The average molecular weight is 432 g/mol. The van der Waals surface area contributed by atoms with Gasteiger partial charge in [-0.25, -0.2) is 4.98 Å². The highest BCUT2D eigenvalue weighted by Gasteiger charge is 2.22. The summed E-state index contributed by atoms with van der Waals surface area (Å²) >= 11 is 0. The number of rotatable bonds is 6. The number of aryl methyl sites for hydroxylation is 1. The van der Waals surface area contributed by atoms with Crippen LogP contribution < -0.4 is 10.1 Å². The second kappa shape index (κ2) is 8.62. The maximum atomic E-state index is 12.9. The van der Waals surface area contributed by atoms with Crippen molar-refractivity contribution >= 4 is 11.7 Å². The number of benzene rings is 1. The molecule has 0 saturated carbocycles. The SMILES string of the molecule is Cc1nc(COc2ccc(C(=O)Nc3cc(C(C)(C)C)nn3-c3ccccn3)cc2)no1. The molecule has 4 aromatic rings. The molecule has 9 nitrogen and oxygen atoms in total. The molecule has 0 atom stereocenters. The highest BCUT2D eigenvalue weighted by Crippen LogP contribution is 2.26. The zero-order chi connectivity index (χ0) is 22.7. The van der Waals surface area contributed by atoms with E-state index in [1.165, 1.54) is 0 Å². The molecule has 0 bridgehead atoms. The van der Waals surface area contributed by atoms with Crippen LogP contribution in [-0.4, -0.2) is 30.8 Å². The van der Waals surface area contributed by atoms with Crippen molar-refractivity contribution in [2.24, 2.45) is 0 Å². The summed E-state index contributed by atoms with van der Waals surface area (Å²) in [6.45, 7) is 8.10. The van der Waals surface area contributed by atoms with Crippen LogP contribution in [0.4, 0.5) is 5.82 Å². The summed E-state index contributed by atoms with van der Waals surface area (Å²) in [4.78, 5) is 21.4. The molecule has 0 unspecified atom stereocenters. The van der Waals surface area contributed by atoms with Crippen molar-refractivity contribution in [3.8, 4) is 11.6 Å². The van der Waals surface area contributed by atoms with Gasteiger partial charge in [0.25, 0.3) is 5.91 Å². The molecule has 1 amide bonds. The Morgan fingerprint density at radius 3 is 2.56 bits per heavy atom. The van der Waals surface area contributed by atoms with Crippen LogP contribution in [0.25, 0.3) is 5.82 Å². The van der Waals surface area contributed by atoms with Crippen LogP contribution in [0.1, 0.15) is 48.5 Å². The fraction of sp³-hybridized carbons (Fsp3) is 0.261. The van der Waals surface area contributed by atoms with Gasteiger partial charge in [0.1, 0.15) is 11.6 Å². The lowest BCUT2D eigenvalue weighted by Crippen LogP contribution is -2.15. The van der Waals surface area contributed by atoms with Gasteiger partial charge in [0, 0.05) is 30.2 Å². The number of anilines is 1. The fourth-order valence-corrected chi connectivity index (χ4v) is 2.93. The average Bonchev–Trinajstić information content (AvgIpc) is 3.39. The maximum absolute atomic E-state index is 12.9. The summed E-state index contributed by atoms with van der Waals surface area (Å²) in [5, 5.41) is 11.4. The fourth-order valence-electron chi connectivity index (χ4n) is 2.93. The number of aromatic nitrogens is 5. The summed E-state index contributed by atoms with van der Waals surface area (Å²) in [6, 6.07) is 14.2. The van der Waals surface area contributed by atoms with Gasteiger partial charge in [0.15, 0.2) is 12.4 Å². The molecule has 3 heterocycles. The lowest BCUT2D eigenvalue weighted by Gasteiger charge is -2.13. The minimum Gasteiger partial charge on any atom is -0.485 e. The van der Waals surface area contributed by atoms with Crippen LogP contribution in [0.15, 0.2) is 59.3 Å². The number of carbonyl (C=O) groups is 1. The first-order valence-electron chi connectivity index (χ1n) is 10.1. The molecule has 4 rings (SSSR count). The van der Waals surface area contributed by atoms with E-state index in [0.29, 0.717) is 34.7 Å². The molecule has 32 heavy (non-hydrogen) atoms. The second-order valence-electron chi connectivity index (χ2n) is 8.26. The van der Waals surface area contributed by atoms with Gasteiger partial charge in [-0.1, -0.05) is 32.0 Å². The van der Waals surface area contributed by atoms with Crippen LogP contribution in [0, 0.1) is 6.92 Å². The summed E-state index contributed by atoms with van der Waals surface area (Å²) in [6.07, 6.45) is 1.69. The van der Waals surface area contributed by atoms with E-state index in [0.717, 1.165) is 5.69 Å². The Morgan fingerprint density at radius 1 is 1.16 bits per heavy atom. The van der Waals surface area contributed by atoms with E-state index in [-0.39, 0.29) is 17.9 Å². The minimum absolute atomic E-state index is 0.182. The molecule has 0 spiro atoms. The Kier molecular flexibility index (Phi) is 5.72. The van der Waals surface area contributed by atoms with E-state index < -0.39 is 0 Å². The Bertz CT molecular complexity index is 1210. The molecule has 9 heteroatoms. The zero-order valence-corrected chi connectivity index (χ0v) is 18.4. The molecule has 0 aliphatic carbocycles. The Hall–Kier alpha value is -4.01. The second-order valence-corrected chi connectivity index (χ2v) is 8.26. The summed E-state index contributed by atoms with van der Waals surface area (Å²) in [5.74, 6) is 2.45. The number of amides is 1. The molecule has 0 aliphatic rings. The number of nitrogens with one attached hydrogen (secondary N) is 1. The molecule has 0 fully saturated rings. The Morgan fingerprint density at radius 2 is 1.94 bits per heavy atom. The van der Waals surface area contributed by atoms with E-state index in [4.69, 9.17) is 9.26 Å². The van der Waals surface area contributed by atoms with E-state index in [1.807, 2.05) is 24.3 Å². The van der Waals surface area contributed by atoms with E-state index in [1.54, 1.807) is 42.1 Å². The standard InChI is InChI=1S/C23H24N6O3/c1-15-25-19(28-32-15)14-31-17-10-8-16(9-11-17)22(30)26-21-13-18(23(2,3)4)27-29(21)20-7-5-6-12-24-20/h5-13H,14H2,1-4H3,(H,26,30). The van der Waals surface area contributed by atoms with Gasteiger partial charge < -0.3 is 14.6 Å². The van der Waals surface area contributed by atoms with Crippen LogP contribution in [-0.2, 0) is 12.0 Å². The van der Waals surface area contributed by atoms with Crippen LogP contribution in [0.2, 0.25) is 0 Å². The van der Waals surface area contributed by atoms with Gasteiger partial charge in [-0.2, -0.15) is 14.8 Å². The largest absolute Gasteiger partial charge is 0.485 e. The van der Waals surface area contributed by atoms with Crippen molar-refractivity contribution in [2.75, 3.05) is 5.32 Å². The van der Waals surface area contributed by atoms with Crippen LogP contribution in [0.5, 0.6) is 5.75 Å². The normalized spacial score (nSPS) is 11.4. The monoisotopic (exact) mass is 432 g/mol. The molecule has 0 aliphatic heterocycles. The van der Waals surface area contributed by atoms with Crippen molar-refractivity contribution in [3.05, 3.63) is 77.7 Å². The minimum atomic E-state index is -0.261. The van der Waals surface area contributed by atoms with Crippen molar-refractivity contribution in [1.82, 2.24) is 24.9 Å². The highest BCUT2D eigenvalue weighted by molar-refractivity contribution is 6.04. The van der Waals surface area contributed by atoms with Gasteiger partial charge in [-0.3, -0.25) is 4.79 Å². The molecule has 1 N–H and O–H groups in total. The smallest absolute Gasteiger partial charge is 0.256 e. The van der Waals surface area contributed by atoms with Gasteiger partial charge in [-0.05, 0) is 36.4 Å². The summed E-state index contributed by atoms with van der Waals surface area (Å²) in [5.41, 5.74) is 1.15. The number of carbonyl (C=O) groups excluding carboxylic acids is 1. The first-order valence-corrected chi connectivity index (χ1v) is 10.1. The van der Waals surface area contributed by atoms with Crippen molar-refractivity contribution in [1.29, 1.82) is 0 Å².